The molecule has 3 fully saturated rings. The van der Waals surface area contributed by atoms with E-state index in [0.29, 0.717) is 6.04 Å². The Morgan fingerprint density at radius 2 is 2.00 bits per heavy atom. The average Bonchev–Trinajstić information content (AvgIpc) is 2.96. The number of rotatable bonds is 2. The Balaban J connectivity index is 1.52. The van der Waals surface area contributed by atoms with Crippen molar-refractivity contribution in [2.75, 3.05) is 24.6 Å². The van der Waals surface area contributed by atoms with Crippen molar-refractivity contribution in [1.29, 1.82) is 0 Å². The van der Waals surface area contributed by atoms with Gasteiger partial charge >= 0.3 is 0 Å². The molecule has 2 aliphatic carbocycles. The van der Waals surface area contributed by atoms with Gasteiger partial charge in [0.2, 0.25) is 0 Å². The molecule has 1 aliphatic heterocycles. The third kappa shape index (κ3) is 2.17. The van der Waals surface area contributed by atoms with E-state index in [0.717, 1.165) is 30.9 Å². The summed E-state index contributed by atoms with van der Waals surface area (Å²) in [5.74, 6) is 5.08. The molecule has 90 valence electrons. The molecule has 0 aromatic rings. The summed E-state index contributed by atoms with van der Waals surface area (Å²) in [5.41, 5.74) is 6.08. The van der Waals surface area contributed by atoms with Crippen LogP contribution in [0.25, 0.3) is 0 Å². The van der Waals surface area contributed by atoms with Crippen molar-refractivity contribution < 1.29 is 0 Å². The molecule has 2 N–H and O–H groups in total. The lowest BCUT2D eigenvalue weighted by Crippen LogP contribution is -2.42. The van der Waals surface area contributed by atoms with Gasteiger partial charge in [0.15, 0.2) is 5.96 Å². The summed E-state index contributed by atoms with van der Waals surface area (Å²) < 4.78 is 0. The zero-order chi connectivity index (χ0) is 11.0. The van der Waals surface area contributed by atoms with Crippen LogP contribution >= 0.6 is 11.8 Å². The van der Waals surface area contributed by atoms with Crippen LogP contribution in [-0.2, 0) is 0 Å². The van der Waals surface area contributed by atoms with Gasteiger partial charge in [-0.25, -0.2) is 4.99 Å². The third-order valence-corrected chi connectivity index (χ3v) is 5.14. The molecule has 0 radical (unpaired) electrons. The normalized spacial score (nSPS) is 36.0. The number of hydrogen-bond donors (Lipinski definition) is 1. The van der Waals surface area contributed by atoms with Crippen molar-refractivity contribution in [3.8, 4) is 0 Å². The Labute approximate surface area is 102 Å². The highest BCUT2D eigenvalue weighted by molar-refractivity contribution is 7.99. The molecule has 4 heteroatoms. The largest absolute Gasteiger partial charge is 0.370 e. The standard InChI is InChI=1S/C12H21N3S/c13-12(15-4-6-16-7-5-15)14-11-8-10(11)9-2-1-3-9/h9-11H,1-8H2,(H2,13,14)/t10-,11+/m0/s1. The SMILES string of the molecule is NC(=N[C@@H]1C[C@H]1C1CCC1)N1CCSCC1. The minimum atomic E-state index is 0.569. The molecular formula is C12H21N3S. The summed E-state index contributed by atoms with van der Waals surface area (Å²) in [6.45, 7) is 2.17. The lowest BCUT2D eigenvalue weighted by molar-refractivity contribution is 0.273. The average molecular weight is 239 g/mol. The number of guanidine groups is 1. The van der Waals surface area contributed by atoms with Gasteiger partial charge in [-0.05, 0) is 18.3 Å². The molecule has 2 saturated carbocycles. The first-order chi connectivity index (χ1) is 7.84. The first-order valence-corrected chi connectivity index (χ1v) is 7.66. The number of nitrogens with two attached hydrogens (primary N) is 1. The molecule has 0 amide bonds. The Hall–Kier alpha value is -0.380. The Morgan fingerprint density at radius 1 is 1.25 bits per heavy atom. The van der Waals surface area contributed by atoms with Crippen LogP contribution in [-0.4, -0.2) is 41.5 Å². The predicted molar refractivity (Wildman–Crippen MR) is 69.8 cm³/mol. The van der Waals surface area contributed by atoms with E-state index in [4.69, 9.17) is 10.7 Å². The smallest absolute Gasteiger partial charge is 0.191 e. The number of nitrogens with zero attached hydrogens (tertiary/aromatic N) is 2. The van der Waals surface area contributed by atoms with Gasteiger partial charge in [-0.15, -0.1) is 0 Å². The quantitative estimate of drug-likeness (QED) is 0.587. The molecule has 0 aromatic heterocycles. The van der Waals surface area contributed by atoms with Crippen molar-refractivity contribution in [1.82, 2.24) is 4.90 Å². The predicted octanol–water partition coefficient (Wildman–Crippen LogP) is 1.54. The molecule has 16 heavy (non-hydrogen) atoms. The number of thioether (sulfide) groups is 1. The van der Waals surface area contributed by atoms with Crippen molar-refractivity contribution in [2.45, 2.75) is 31.7 Å². The highest BCUT2D eigenvalue weighted by Crippen LogP contribution is 2.48. The molecule has 3 aliphatic rings. The van der Waals surface area contributed by atoms with Gasteiger partial charge in [-0.2, -0.15) is 11.8 Å². The molecule has 1 saturated heterocycles. The second-order valence-electron chi connectivity index (χ2n) is 5.24. The van der Waals surface area contributed by atoms with E-state index in [1.165, 1.54) is 37.2 Å². The van der Waals surface area contributed by atoms with Crippen LogP contribution in [0.1, 0.15) is 25.7 Å². The van der Waals surface area contributed by atoms with E-state index in [-0.39, 0.29) is 0 Å². The molecule has 0 aromatic carbocycles. The van der Waals surface area contributed by atoms with Gasteiger partial charge in [0.05, 0.1) is 6.04 Å². The lowest BCUT2D eigenvalue weighted by Gasteiger charge is -2.28. The summed E-state index contributed by atoms with van der Waals surface area (Å²) in [5, 5.41) is 0. The highest BCUT2D eigenvalue weighted by atomic mass is 32.2. The third-order valence-electron chi connectivity index (χ3n) is 4.19. The van der Waals surface area contributed by atoms with Crippen LogP contribution in [0.3, 0.4) is 0 Å². The minimum absolute atomic E-state index is 0.569. The molecule has 2 atom stereocenters. The lowest BCUT2D eigenvalue weighted by atomic mass is 9.81. The highest BCUT2D eigenvalue weighted by Gasteiger charge is 2.45. The zero-order valence-corrected chi connectivity index (χ0v) is 10.6. The van der Waals surface area contributed by atoms with Crippen molar-refractivity contribution in [2.24, 2.45) is 22.6 Å². The van der Waals surface area contributed by atoms with Gasteiger partial charge in [-0.3, -0.25) is 0 Å². The Morgan fingerprint density at radius 3 is 2.62 bits per heavy atom. The van der Waals surface area contributed by atoms with Gasteiger partial charge < -0.3 is 10.6 Å². The molecule has 3 nitrogen and oxygen atoms in total. The summed E-state index contributed by atoms with van der Waals surface area (Å²) in [6.07, 6.45) is 5.62. The van der Waals surface area contributed by atoms with Crippen LogP contribution in [0.15, 0.2) is 4.99 Å². The van der Waals surface area contributed by atoms with Gasteiger partial charge in [0.1, 0.15) is 0 Å². The van der Waals surface area contributed by atoms with E-state index in [2.05, 4.69) is 4.90 Å². The van der Waals surface area contributed by atoms with Crippen LogP contribution in [0, 0.1) is 11.8 Å². The minimum Gasteiger partial charge on any atom is -0.370 e. The fourth-order valence-corrected chi connectivity index (χ4v) is 3.67. The Bertz CT molecular complexity index is 282. The molecule has 0 unspecified atom stereocenters. The number of hydrogen-bond acceptors (Lipinski definition) is 2. The van der Waals surface area contributed by atoms with E-state index in [1.54, 1.807) is 0 Å². The van der Waals surface area contributed by atoms with E-state index in [1.807, 2.05) is 11.8 Å². The van der Waals surface area contributed by atoms with Crippen LogP contribution in [0.5, 0.6) is 0 Å². The molecule has 1 heterocycles. The molecule has 0 spiro atoms. The fraction of sp³-hybridized carbons (Fsp3) is 0.917. The van der Waals surface area contributed by atoms with Gasteiger partial charge in [0.25, 0.3) is 0 Å². The van der Waals surface area contributed by atoms with E-state index >= 15 is 0 Å². The maximum atomic E-state index is 6.08. The molecule has 3 rings (SSSR count). The van der Waals surface area contributed by atoms with Crippen molar-refractivity contribution >= 4 is 17.7 Å². The maximum Gasteiger partial charge on any atom is 0.191 e. The van der Waals surface area contributed by atoms with Crippen molar-refractivity contribution in [3.05, 3.63) is 0 Å². The summed E-state index contributed by atoms with van der Waals surface area (Å²) in [6, 6.07) is 0.569. The molecular weight excluding hydrogens is 218 g/mol. The monoisotopic (exact) mass is 239 g/mol. The second kappa shape index (κ2) is 4.47. The van der Waals surface area contributed by atoms with Crippen LogP contribution in [0.4, 0.5) is 0 Å². The maximum absolute atomic E-state index is 6.08. The molecule has 0 bridgehead atoms. The fourth-order valence-electron chi connectivity index (χ4n) is 2.77. The topological polar surface area (TPSA) is 41.6 Å². The van der Waals surface area contributed by atoms with Crippen molar-refractivity contribution in [3.63, 3.8) is 0 Å². The van der Waals surface area contributed by atoms with Gasteiger partial charge in [0, 0.05) is 24.6 Å². The first kappa shape index (κ1) is 10.8. The van der Waals surface area contributed by atoms with Crippen LogP contribution < -0.4 is 5.73 Å². The summed E-state index contributed by atoms with van der Waals surface area (Å²) >= 11 is 2.02. The summed E-state index contributed by atoms with van der Waals surface area (Å²) in [7, 11) is 0. The van der Waals surface area contributed by atoms with E-state index in [9.17, 15) is 0 Å². The number of aliphatic imine (C=N–C) groups is 1. The zero-order valence-electron chi connectivity index (χ0n) is 9.77. The van der Waals surface area contributed by atoms with Crippen LogP contribution in [0.2, 0.25) is 0 Å². The second-order valence-corrected chi connectivity index (χ2v) is 6.47. The first-order valence-electron chi connectivity index (χ1n) is 6.50. The Kier molecular flexibility index (Phi) is 3.01. The summed E-state index contributed by atoms with van der Waals surface area (Å²) in [4.78, 5) is 6.96. The van der Waals surface area contributed by atoms with Gasteiger partial charge in [-0.1, -0.05) is 19.3 Å². The van der Waals surface area contributed by atoms with E-state index < -0.39 is 0 Å².